The molecular weight excluding hydrogens is 404 g/mol. The minimum Gasteiger partial charge on any atom is -0.507 e. The van der Waals surface area contributed by atoms with E-state index in [9.17, 15) is 34.5 Å². The van der Waals surface area contributed by atoms with E-state index in [-0.39, 0.29) is 23.3 Å². The number of likely N-dealkylation sites (N-methyl/N-ethyl adjacent to an activating group) is 1. The Hall–Kier alpha value is -2.62. The molecule has 0 aromatic heterocycles. The van der Waals surface area contributed by atoms with E-state index in [0.29, 0.717) is 0 Å². The molecule has 3 aliphatic rings. The van der Waals surface area contributed by atoms with E-state index >= 15 is 0 Å². The SMILES string of the molecule is CN(C)[C@@H]1C(=O)C(C(N)=O)C[C@@]2(O)C(=O)C3C(=O)c4c(O)cccc4[C@@](C)(O)C3CC12. The third-order valence-electron chi connectivity index (χ3n) is 7.50. The smallest absolute Gasteiger partial charge is 0.228 e. The van der Waals surface area contributed by atoms with Gasteiger partial charge in [-0.05, 0) is 39.1 Å². The number of hydrogen-bond acceptors (Lipinski definition) is 8. The summed E-state index contributed by atoms with van der Waals surface area (Å²) in [6.45, 7) is 1.47. The molecule has 7 atom stereocenters. The zero-order chi connectivity index (χ0) is 23.0. The summed E-state index contributed by atoms with van der Waals surface area (Å²) in [5.74, 6) is -7.94. The maximum absolute atomic E-state index is 13.6. The average Bonchev–Trinajstić information content (AvgIpc) is 2.67. The van der Waals surface area contributed by atoms with Crippen LogP contribution in [-0.2, 0) is 20.0 Å². The molecule has 166 valence electrons. The van der Waals surface area contributed by atoms with Crippen LogP contribution in [0.3, 0.4) is 0 Å². The Morgan fingerprint density at radius 2 is 1.81 bits per heavy atom. The van der Waals surface area contributed by atoms with Crippen molar-refractivity contribution in [2.24, 2.45) is 29.4 Å². The Balaban J connectivity index is 1.90. The van der Waals surface area contributed by atoms with Gasteiger partial charge >= 0.3 is 0 Å². The standard InChI is InChI=1S/C22H26N2O7/c1-21(30)10-5-4-6-13(25)14(10)18(27)15-11(21)7-12-16(24(2)3)17(26)9(20(23)29)8-22(12,31)19(15)28/h4-6,9,11-12,15-16,25,30-31H,7-8H2,1-3H3,(H2,23,29)/t9?,11?,12?,15?,16-,21+,22-/m0/s1. The topological polar surface area (TPSA) is 158 Å². The van der Waals surface area contributed by atoms with Crippen molar-refractivity contribution in [3.05, 3.63) is 29.3 Å². The number of rotatable bonds is 2. The number of hydrogen-bond donors (Lipinski definition) is 4. The van der Waals surface area contributed by atoms with Crippen LogP contribution in [0.5, 0.6) is 5.75 Å². The molecule has 0 heterocycles. The van der Waals surface area contributed by atoms with Crippen molar-refractivity contribution in [3.63, 3.8) is 0 Å². The largest absolute Gasteiger partial charge is 0.507 e. The first-order chi connectivity index (χ1) is 14.3. The molecule has 1 aromatic rings. The summed E-state index contributed by atoms with van der Waals surface area (Å²) in [5, 5.41) is 33.2. The minimum atomic E-state index is -2.14. The second-order valence-electron chi connectivity index (χ2n) is 9.40. The molecule has 0 aliphatic heterocycles. The summed E-state index contributed by atoms with van der Waals surface area (Å²) < 4.78 is 0. The molecule has 4 rings (SSSR count). The molecule has 2 saturated carbocycles. The lowest BCUT2D eigenvalue weighted by atomic mass is 9.50. The molecule has 9 heteroatoms. The minimum absolute atomic E-state index is 0.000805. The highest BCUT2D eigenvalue weighted by atomic mass is 16.3. The monoisotopic (exact) mass is 430 g/mol. The van der Waals surface area contributed by atoms with Gasteiger partial charge in [0.25, 0.3) is 0 Å². The van der Waals surface area contributed by atoms with Crippen molar-refractivity contribution in [1.82, 2.24) is 4.90 Å². The molecule has 5 N–H and O–H groups in total. The van der Waals surface area contributed by atoms with Crippen LogP contribution in [0.2, 0.25) is 0 Å². The molecule has 3 aliphatic carbocycles. The predicted octanol–water partition coefficient (Wildman–Crippen LogP) is -0.647. The maximum atomic E-state index is 13.6. The van der Waals surface area contributed by atoms with E-state index in [4.69, 9.17) is 5.73 Å². The van der Waals surface area contributed by atoms with Gasteiger partial charge in [-0.1, -0.05) is 12.1 Å². The highest BCUT2D eigenvalue weighted by Gasteiger charge is 2.67. The summed E-state index contributed by atoms with van der Waals surface area (Å²) in [6.07, 6.45) is -0.498. The summed E-state index contributed by atoms with van der Waals surface area (Å²) in [7, 11) is 3.20. The van der Waals surface area contributed by atoms with E-state index < -0.39 is 70.6 Å². The van der Waals surface area contributed by atoms with Gasteiger partial charge in [0.15, 0.2) is 17.3 Å². The number of carbonyl (C=O) groups is 4. The molecule has 0 bridgehead atoms. The van der Waals surface area contributed by atoms with E-state index in [1.807, 2.05) is 0 Å². The second kappa shape index (κ2) is 6.69. The second-order valence-corrected chi connectivity index (χ2v) is 9.40. The quantitative estimate of drug-likeness (QED) is 0.451. The number of carbonyl (C=O) groups excluding carboxylic acids is 4. The van der Waals surface area contributed by atoms with Gasteiger partial charge in [0.2, 0.25) is 5.91 Å². The lowest BCUT2D eigenvalue weighted by Crippen LogP contribution is -2.70. The van der Waals surface area contributed by atoms with E-state index in [2.05, 4.69) is 0 Å². The Bertz CT molecular complexity index is 1020. The van der Waals surface area contributed by atoms with Crippen molar-refractivity contribution >= 4 is 23.3 Å². The van der Waals surface area contributed by atoms with Crippen LogP contribution >= 0.6 is 0 Å². The van der Waals surface area contributed by atoms with E-state index in [1.165, 1.54) is 30.0 Å². The van der Waals surface area contributed by atoms with Crippen molar-refractivity contribution in [1.29, 1.82) is 0 Å². The number of benzene rings is 1. The molecular formula is C22H26N2O7. The fourth-order valence-corrected chi connectivity index (χ4v) is 5.98. The number of fused-ring (bicyclic) bond motifs is 3. The third-order valence-corrected chi connectivity index (χ3v) is 7.50. The molecule has 2 fully saturated rings. The van der Waals surface area contributed by atoms with Gasteiger partial charge in [-0.2, -0.15) is 0 Å². The highest BCUT2D eigenvalue weighted by Crippen LogP contribution is 2.56. The van der Waals surface area contributed by atoms with Gasteiger partial charge in [0.1, 0.15) is 17.3 Å². The van der Waals surface area contributed by atoms with Crippen LogP contribution in [-0.4, -0.2) is 69.2 Å². The molecule has 4 unspecified atom stereocenters. The number of aromatic hydroxyl groups is 1. The van der Waals surface area contributed by atoms with Crippen LogP contribution in [0.4, 0.5) is 0 Å². The Morgan fingerprint density at radius 3 is 2.39 bits per heavy atom. The number of ketones is 3. The van der Waals surface area contributed by atoms with Gasteiger partial charge < -0.3 is 21.1 Å². The molecule has 0 radical (unpaired) electrons. The molecule has 1 amide bonds. The lowest BCUT2D eigenvalue weighted by molar-refractivity contribution is -0.185. The number of Topliss-reactive ketones (excluding diaryl/α,β-unsaturated/α-hetero) is 3. The van der Waals surface area contributed by atoms with Crippen LogP contribution in [0.25, 0.3) is 0 Å². The van der Waals surface area contributed by atoms with E-state index in [0.717, 1.165) is 0 Å². The first-order valence-electron chi connectivity index (χ1n) is 10.2. The highest BCUT2D eigenvalue weighted by molar-refractivity contribution is 6.17. The maximum Gasteiger partial charge on any atom is 0.228 e. The number of nitrogens with zero attached hydrogens (tertiary/aromatic N) is 1. The Morgan fingerprint density at radius 1 is 1.16 bits per heavy atom. The summed E-state index contributed by atoms with van der Waals surface area (Å²) >= 11 is 0. The van der Waals surface area contributed by atoms with Crippen molar-refractivity contribution in [3.8, 4) is 5.75 Å². The van der Waals surface area contributed by atoms with Crippen LogP contribution in [0.15, 0.2) is 18.2 Å². The average molecular weight is 430 g/mol. The van der Waals surface area contributed by atoms with Crippen LogP contribution in [0, 0.1) is 23.7 Å². The Kier molecular flexibility index (Phi) is 4.66. The molecule has 0 saturated heterocycles. The van der Waals surface area contributed by atoms with Gasteiger partial charge in [0.05, 0.1) is 23.1 Å². The zero-order valence-electron chi connectivity index (χ0n) is 17.5. The number of primary amides is 1. The van der Waals surface area contributed by atoms with Crippen molar-refractivity contribution in [2.45, 2.75) is 37.0 Å². The van der Waals surface area contributed by atoms with Crippen LogP contribution < -0.4 is 5.73 Å². The summed E-state index contributed by atoms with van der Waals surface area (Å²) in [6, 6.07) is 3.33. The van der Waals surface area contributed by atoms with Crippen LogP contribution in [0.1, 0.15) is 35.7 Å². The van der Waals surface area contributed by atoms with Gasteiger partial charge in [0, 0.05) is 18.3 Å². The molecule has 31 heavy (non-hydrogen) atoms. The van der Waals surface area contributed by atoms with Crippen molar-refractivity contribution in [2.75, 3.05) is 14.1 Å². The number of nitrogens with two attached hydrogens (primary N) is 1. The fourth-order valence-electron chi connectivity index (χ4n) is 5.98. The lowest BCUT2D eigenvalue weighted by Gasteiger charge is -2.56. The Labute approximate surface area is 178 Å². The number of aliphatic hydroxyl groups is 2. The molecule has 9 nitrogen and oxygen atoms in total. The first-order valence-corrected chi connectivity index (χ1v) is 10.2. The normalized spacial score (nSPS) is 39.7. The third kappa shape index (κ3) is 2.73. The molecule has 1 aromatic carbocycles. The summed E-state index contributed by atoms with van der Waals surface area (Å²) in [5.41, 5.74) is 1.64. The predicted molar refractivity (Wildman–Crippen MR) is 107 cm³/mol. The van der Waals surface area contributed by atoms with Gasteiger partial charge in [-0.25, -0.2) is 0 Å². The van der Waals surface area contributed by atoms with E-state index in [1.54, 1.807) is 14.1 Å². The number of phenols is 1. The van der Waals surface area contributed by atoms with Gasteiger partial charge in [-0.15, -0.1) is 0 Å². The first kappa shape index (κ1) is 21.6. The zero-order valence-corrected chi connectivity index (χ0v) is 17.5. The number of amides is 1. The summed E-state index contributed by atoms with van der Waals surface area (Å²) in [4.78, 5) is 53.4. The van der Waals surface area contributed by atoms with Crippen molar-refractivity contribution < 1.29 is 34.5 Å². The number of phenolic OH excluding ortho intramolecular Hbond substituents is 1. The van der Waals surface area contributed by atoms with Gasteiger partial charge in [-0.3, -0.25) is 24.1 Å². The fraction of sp³-hybridized carbons (Fsp3) is 0.545. The molecule has 0 spiro atoms.